The van der Waals surface area contributed by atoms with Gasteiger partial charge in [-0.05, 0) is 23.6 Å². The summed E-state index contributed by atoms with van der Waals surface area (Å²) in [5.41, 5.74) is 11.0. The van der Waals surface area contributed by atoms with E-state index in [1.807, 2.05) is 12.1 Å². The zero-order valence-electron chi connectivity index (χ0n) is 10.9. The summed E-state index contributed by atoms with van der Waals surface area (Å²) >= 11 is 0. The van der Waals surface area contributed by atoms with Gasteiger partial charge in [-0.3, -0.25) is 0 Å². The van der Waals surface area contributed by atoms with Gasteiger partial charge >= 0.3 is 0 Å². The van der Waals surface area contributed by atoms with Crippen LogP contribution in [0.4, 0.5) is 11.5 Å². The van der Waals surface area contributed by atoms with Gasteiger partial charge in [-0.1, -0.05) is 12.1 Å². The van der Waals surface area contributed by atoms with Crippen molar-refractivity contribution < 1.29 is 0 Å². The van der Waals surface area contributed by atoms with E-state index in [-0.39, 0.29) is 0 Å². The minimum absolute atomic E-state index is 0.696. The number of fused-ring (bicyclic) bond motifs is 2. The fraction of sp³-hybridized carbons (Fsp3) is 0.214. The Morgan fingerprint density at radius 1 is 1.20 bits per heavy atom. The number of benzene rings is 1. The third kappa shape index (κ3) is 1.61. The lowest BCUT2D eigenvalue weighted by Gasteiger charge is -2.30. The van der Waals surface area contributed by atoms with Crippen LogP contribution >= 0.6 is 0 Å². The Morgan fingerprint density at radius 3 is 3.10 bits per heavy atom. The Bertz CT molecular complexity index is 778. The highest BCUT2D eigenvalue weighted by Crippen LogP contribution is 2.29. The minimum atomic E-state index is 0.696. The topological polar surface area (TPSA) is 83.7 Å². The largest absolute Gasteiger partial charge is 0.398 e. The second kappa shape index (κ2) is 4.19. The summed E-state index contributed by atoms with van der Waals surface area (Å²) < 4.78 is 0. The van der Waals surface area contributed by atoms with Gasteiger partial charge in [0.1, 0.15) is 11.8 Å². The number of rotatable bonds is 1. The number of nitrogens with zero attached hydrogens (tertiary/aromatic N) is 4. The molecule has 4 rings (SSSR count). The van der Waals surface area contributed by atoms with Gasteiger partial charge in [0.25, 0.3) is 0 Å². The summed E-state index contributed by atoms with van der Waals surface area (Å²) in [6.45, 7) is 1.69. The van der Waals surface area contributed by atoms with Crippen molar-refractivity contribution in [3.8, 4) is 0 Å². The van der Waals surface area contributed by atoms with Gasteiger partial charge in [0, 0.05) is 18.8 Å². The molecule has 0 saturated carbocycles. The lowest BCUT2D eigenvalue weighted by atomic mass is 9.98. The first kappa shape index (κ1) is 11.2. The highest BCUT2D eigenvalue weighted by molar-refractivity contribution is 5.83. The van der Waals surface area contributed by atoms with E-state index in [1.165, 1.54) is 11.1 Å². The van der Waals surface area contributed by atoms with E-state index >= 15 is 0 Å². The van der Waals surface area contributed by atoms with Crippen molar-refractivity contribution in [1.29, 1.82) is 0 Å². The van der Waals surface area contributed by atoms with Gasteiger partial charge < -0.3 is 15.6 Å². The molecule has 6 heteroatoms. The van der Waals surface area contributed by atoms with Crippen molar-refractivity contribution in [1.82, 2.24) is 19.9 Å². The van der Waals surface area contributed by atoms with E-state index in [9.17, 15) is 0 Å². The summed E-state index contributed by atoms with van der Waals surface area (Å²) in [4.78, 5) is 18.1. The number of aromatic amines is 1. The predicted molar refractivity (Wildman–Crippen MR) is 77.3 cm³/mol. The molecule has 0 radical (unpaired) electrons. The Labute approximate surface area is 115 Å². The first-order chi connectivity index (χ1) is 9.83. The molecule has 6 nitrogen and oxygen atoms in total. The number of aromatic nitrogens is 4. The average molecular weight is 266 g/mol. The van der Waals surface area contributed by atoms with Gasteiger partial charge in [0.15, 0.2) is 11.5 Å². The van der Waals surface area contributed by atoms with Crippen LogP contribution in [0, 0.1) is 0 Å². The number of anilines is 2. The molecule has 0 spiro atoms. The molecule has 100 valence electrons. The second-order valence-electron chi connectivity index (χ2n) is 4.95. The summed E-state index contributed by atoms with van der Waals surface area (Å²) in [5.74, 6) is 0.890. The van der Waals surface area contributed by atoms with Crippen LogP contribution in [-0.4, -0.2) is 26.5 Å². The molecule has 0 saturated heterocycles. The van der Waals surface area contributed by atoms with E-state index < -0.39 is 0 Å². The Morgan fingerprint density at radius 2 is 2.15 bits per heavy atom. The quantitative estimate of drug-likeness (QED) is 0.652. The molecule has 0 amide bonds. The van der Waals surface area contributed by atoms with Crippen LogP contribution in [0.3, 0.4) is 0 Å². The van der Waals surface area contributed by atoms with E-state index in [1.54, 1.807) is 12.7 Å². The van der Waals surface area contributed by atoms with Crippen LogP contribution in [-0.2, 0) is 13.0 Å². The van der Waals surface area contributed by atoms with E-state index in [4.69, 9.17) is 5.73 Å². The van der Waals surface area contributed by atoms with Crippen LogP contribution in [0.15, 0.2) is 30.9 Å². The lowest BCUT2D eigenvalue weighted by molar-refractivity contribution is 0.724. The SMILES string of the molecule is Nc1cccc2c1CN(c1ncnc3nc[nH]c13)CC2. The fourth-order valence-corrected chi connectivity index (χ4v) is 2.78. The third-order valence-electron chi connectivity index (χ3n) is 3.81. The second-order valence-corrected chi connectivity index (χ2v) is 4.95. The fourth-order valence-electron chi connectivity index (χ4n) is 2.78. The van der Waals surface area contributed by atoms with Crippen LogP contribution in [0.5, 0.6) is 0 Å². The number of hydrogen-bond donors (Lipinski definition) is 2. The van der Waals surface area contributed by atoms with Gasteiger partial charge in [-0.25, -0.2) is 15.0 Å². The number of nitrogens with one attached hydrogen (secondary N) is 1. The van der Waals surface area contributed by atoms with Crippen LogP contribution in [0.1, 0.15) is 11.1 Å². The molecular formula is C14H14N6. The smallest absolute Gasteiger partial charge is 0.182 e. The third-order valence-corrected chi connectivity index (χ3v) is 3.81. The molecule has 0 aliphatic carbocycles. The molecule has 0 unspecified atom stereocenters. The van der Waals surface area contributed by atoms with Crippen molar-refractivity contribution in [2.75, 3.05) is 17.2 Å². The molecule has 0 fully saturated rings. The first-order valence-corrected chi connectivity index (χ1v) is 6.58. The summed E-state index contributed by atoms with van der Waals surface area (Å²) in [6, 6.07) is 6.12. The highest BCUT2D eigenvalue weighted by Gasteiger charge is 2.21. The maximum atomic E-state index is 6.09. The Balaban J connectivity index is 1.78. The predicted octanol–water partition coefficient (Wildman–Crippen LogP) is 1.50. The Hall–Kier alpha value is -2.63. The highest BCUT2D eigenvalue weighted by atomic mass is 15.2. The van der Waals surface area contributed by atoms with Gasteiger partial charge in [0.05, 0.1) is 6.33 Å². The average Bonchev–Trinajstić information content (AvgIpc) is 2.96. The van der Waals surface area contributed by atoms with E-state index in [2.05, 4.69) is 30.9 Å². The molecule has 0 atom stereocenters. The molecule has 0 bridgehead atoms. The molecule has 3 N–H and O–H groups in total. The maximum Gasteiger partial charge on any atom is 0.182 e. The van der Waals surface area contributed by atoms with Crippen LogP contribution < -0.4 is 10.6 Å². The summed E-state index contributed by atoms with van der Waals surface area (Å²) in [6.07, 6.45) is 4.18. The molecule has 1 aliphatic rings. The molecular weight excluding hydrogens is 252 g/mol. The number of imidazole rings is 1. The van der Waals surface area contributed by atoms with Crippen molar-refractivity contribution >= 4 is 22.7 Å². The number of nitrogen functional groups attached to an aromatic ring is 1. The molecule has 20 heavy (non-hydrogen) atoms. The standard InChI is InChI=1S/C14H14N6/c15-11-3-1-2-9-4-5-20(6-10(9)11)14-12-13(17-7-16-12)18-8-19-14/h1-3,7-8H,4-6,15H2,(H,16,17,18,19). The molecule has 1 aliphatic heterocycles. The normalized spacial score (nSPS) is 14.5. The monoisotopic (exact) mass is 266 g/mol. The molecule has 3 heterocycles. The zero-order valence-corrected chi connectivity index (χ0v) is 10.9. The number of nitrogens with two attached hydrogens (primary N) is 1. The minimum Gasteiger partial charge on any atom is -0.398 e. The first-order valence-electron chi connectivity index (χ1n) is 6.58. The van der Waals surface area contributed by atoms with Crippen molar-refractivity contribution in [2.24, 2.45) is 0 Å². The molecule has 1 aromatic carbocycles. The number of hydrogen-bond acceptors (Lipinski definition) is 5. The van der Waals surface area contributed by atoms with Crippen LogP contribution in [0.2, 0.25) is 0 Å². The number of H-pyrrole nitrogens is 1. The van der Waals surface area contributed by atoms with E-state index in [0.717, 1.165) is 36.5 Å². The molecule has 3 aromatic rings. The van der Waals surface area contributed by atoms with Gasteiger partial charge in [0.2, 0.25) is 0 Å². The molecule has 2 aromatic heterocycles. The van der Waals surface area contributed by atoms with Crippen molar-refractivity contribution in [3.63, 3.8) is 0 Å². The van der Waals surface area contributed by atoms with Crippen molar-refractivity contribution in [2.45, 2.75) is 13.0 Å². The van der Waals surface area contributed by atoms with Gasteiger partial charge in [-0.2, -0.15) is 0 Å². The van der Waals surface area contributed by atoms with Crippen LogP contribution in [0.25, 0.3) is 11.2 Å². The summed E-state index contributed by atoms with van der Waals surface area (Å²) in [7, 11) is 0. The maximum absolute atomic E-state index is 6.09. The lowest BCUT2D eigenvalue weighted by Crippen LogP contribution is -2.31. The van der Waals surface area contributed by atoms with Gasteiger partial charge in [-0.15, -0.1) is 0 Å². The zero-order chi connectivity index (χ0) is 13.5. The van der Waals surface area contributed by atoms with E-state index in [0.29, 0.717) is 5.65 Å². The summed E-state index contributed by atoms with van der Waals surface area (Å²) in [5, 5.41) is 0. The Kier molecular flexibility index (Phi) is 2.35. The van der Waals surface area contributed by atoms with Crippen molar-refractivity contribution in [3.05, 3.63) is 42.0 Å².